The van der Waals surface area contributed by atoms with Crippen LogP contribution in [0.3, 0.4) is 0 Å². The Morgan fingerprint density at radius 1 is 1.11 bits per heavy atom. The largest absolute Gasteiger partial charge is 0.329 e. The zero-order chi connectivity index (χ0) is 13.7. The molecular weight excluding hydrogens is 232 g/mol. The minimum atomic E-state index is 0.359. The highest BCUT2D eigenvalue weighted by Gasteiger charge is 2.40. The number of hydrogen-bond acceptors (Lipinski definition) is 2. The summed E-state index contributed by atoms with van der Waals surface area (Å²) in [6.07, 6.45) is 12.5. The Bertz CT molecular complexity index is 256. The monoisotopic (exact) mass is 266 g/mol. The molecule has 0 aromatic rings. The van der Waals surface area contributed by atoms with E-state index in [4.69, 9.17) is 5.73 Å². The van der Waals surface area contributed by atoms with Crippen molar-refractivity contribution in [3.63, 3.8) is 0 Å². The van der Waals surface area contributed by atoms with E-state index < -0.39 is 0 Å². The second kappa shape index (κ2) is 7.08. The smallest absolute Gasteiger partial charge is 0.0332 e. The molecule has 1 saturated heterocycles. The van der Waals surface area contributed by atoms with Crippen LogP contribution < -0.4 is 5.73 Å². The van der Waals surface area contributed by atoms with Gasteiger partial charge in [-0.25, -0.2) is 0 Å². The molecule has 1 saturated carbocycles. The molecule has 0 radical (unpaired) electrons. The molecule has 2 nitrogen and oxygen atoms in total. The van der Waals surface area contributed by atoms with Gasteiger partial charge in [0.05, 0.1) is 0 Å². The van der Waals surface area contributed by atoms with Crippen molar-refractivity contribution in [3.05, 3.63) is 0 Å². The summed E-state index contributed by atoms with van der Waals surface area (Å²) in [6, 6.07) is 0. The van der Waals surface area contributed by atoms with E-state index in [1.807, 2.05) is 0 Å². The summed E-state index contributed by atoms with van der Waals surface area (Å²) in [5.41, 5.74) is 6.59. The average Bonchev–Trinajstić information content (AvgIpc) is 2.49. The third kappa shape index (κ3) is 3.52. The van der Waals surface area contributed by atoms with E-state index >= 15 is 0 Å². The van der Waals surface area contributed by atoms with Gasteiger partial charge in [0.2, 0.25) is 0 Å². The van der Waals surface area contributed by atoms with Crippen LogP contribution in [-0.2, 0) is 0 Å². The molecule has 0 bridgehead atoms. The fraction of sp³-hybridized carbons (Fsp3) is 1.00. The first kappa shape index (κ1) is 15.3. The molecular formula is C17H34N2. The maximum atomic E-state index is 6.23. The van der Waals surface area contributed by atoms with Crippen molar-refractivity contribution in [1.82, 2.24) is 4.90 Å². The van der Waals surface area contributed by atoms with Gasteiger partial charge in [-0.2, -0.15) is 0 Å². The third-order valence-corrected chi connectivity index (χ3v) is 5.88. The van der Waals surface area contributed by atoms with Gasteiger partial charge < -0.3 is 5.73 Å². The van der Waals surface area contributed by atoms with Gasteiger partial charge in [0.15, 0.2) is 0 Å². The molecule has 2 N–H and O–H groups in total. The van der Waals surface area contributed by atoms with E-state index in [1.54, 1.807) is 0 Å². The van der Waals surface area contributed by atoms with E-state index in [-0.39, 0.29) is 0 Å². The lowest BCUT2D eigenvalue weighted by atomic mass is 9.73. The van der Waals surface area contributed by atoms with Crippen LogP contribution in [0.15, 0.2) is 0 Å². The summed E-state index contributed by atoms with van der Waals surface area (Å²) < 4.78 is 0. The molecule has 1 atom stereocenters. The molecule has 1 aliphatic heterocycles. The zero-order valence-corrected chi connectivity index (χ0v) is 13.2. The SMILES string of the molecule is CCCC1CCC(CN)(N2CCCC(CC)C2)CC1. The highest BCUT2D eigenvalue weighted by molar-refractivity contribution is 4.97. The molecule has 1 heterocycles. The summed E-state index contributed by atoms with van der Waals surface area (Å²) in [4.78, 5) is 2.78. The van der Waals surface area contributed by atoms with Gasteiger partial charge in [0.1, 0.15) is 0 Å². The van der Waals surface area contributed by atoms with Crippen LogP contribution in [0.1, 0.15) is 71.6 Å². The summed E-state index contributed by atoms with van der Waals surface area (Å²) in [5.74, 6) is 1.90. The number of piperidine rings is 1. The second-order valence-electron chi connectivity index (χ2n) is 7.02. The van der Waals surface area contributed by atoms with Crippen LogP contribution >= 0.6 is 0 Å². The molecule has 0 spiro atoms. The minimum Gasteiger partial charge on any atom is -0.329 e. The predicted octanol–water partition coefficient (Wildman–Crippen LogP) is 3.80. The van der Waals surface area contributed by atoms with E-state index in [2.05, 4.69) is 18.7 Å². The van der Waals surface area contributed by atoms with Crippen molar-refractivity contribution < 1.29 is 0 Å². The minimum absolute atomic E-state index is 0.359. The number of rotatable bonds is 5. The van der Waals surface area contributed by atoms with E-state index in [0.29, 0.717) is 5.54 Å². The second-order valence-corrected chi connectivity index (χ2v) is 7.02. The molecule has 0 aromatic heterocycles. The number of hydrogen-bond donors (Lipinski definition) is 1. The third-order valence-electron chi connectivity index (χ3n) is 5.88. The molecule has 2 rings (SSSR count). The normalized spacial score (nSPS) is 37.4. The first-order chi connectivity index (χ1) is 9.24. The van der Waals surface area contributed by atoms with E-state index in [1.165, 1.54) is 70.9 Å². The van der Waals surface area contributed by atoms with E-state index in [9.17, 15) is 0 Å². The Labute approximate surface area is 120 Å². The molecule has 112 valence electrons. The van der Waals surface area contributed by atoms with Crippen molar-refractivity contribution in [2.24, 2.45) is 17.6 Å². The Hall–Kier alpha value is -0.0800. The van der Waals surface area contributed by atoms with Crippen molar-refractivity contribution in [1.29, 1.82) is 0 Å². The average molecular weight is 266 g/mol. The van der Waals surface area contributed by atoms with Crippen LogP contribution in [0.4, 0.5) is 0 Å². The molecule has 1 aliphatic carbocycles. The lowest BCUT2D eigenvalue weighted by Gasteiger charge is -2.50. The van der Waals surface area contributed by atoms with Gasteiger partial charge in [0, 0.05) is 18.6 Å². The van der Waals surface area contributed by atoms with Crippen molar-refractivity contribution in [2.75, 3.05) is 19.6 Å². The lowest BCUT2D eigenvalue weighted by molar-refractivity contribution is 0.00817. The van der Waals surface area contributed by atoms with Crippen molar-refractivity contribution in [3.8, 4) is 0 Å². The van der Waals surface area contributed by atoms with Crippen molar-refractivity contribution in [2.45, 2.75) is 77.2 Å². The topological polar surface area (TPSA) is 29.3 Å². The molecule has 2 aliphatic rings. The first-order valence-corrected chi connectivity index (χ1v) is 8.69. The van der Waals surface area contributed by atoms with Gasteiger partial charge in [-0.15, -0.1) is 0 Å². The predicted molar refractivity (Wildman–Crippen MR) is 83.2 cm³/mol. The maximum Gasteiger partial charge on any atom is 0.0332 e. The van der Waals surface area contributed by atoms with Gasteiger partial charge in [0.25, 0.3) is 0 Å². The Morgan fingerprint density at radius 2 is 1.84 bits per heavy atom. The molecule has 1 unspecified atom stereocenters. The van der Waals surface area contributed by atoms with Crippen LogP contribution in [0.2, 0.25) is 0 Å². The highest BCUT2D eigenvalue weighted by atomic mass is 15.2. The Morgan fingerprint density at radius 3 is 2.42 bits per heavy atom. The summed E-state index contributed by atoms with van der Waals surface area (Å²) in [7, 11) is 0. The Balaban J connectivity index is 1.95. The summed E-state index contributed by atoms with van der Waals surface area (Å²) in [5, 5.41) is 0. The number of nitrogens with two attached hydrogens (primary N) is 1. The molecule has 0 amide bonds. The van der Waals surface area contributed by atoms with Gasteiger partial charge >= 0.3 is 0 Å². The fourth-order valence-corrected chi connectivity index (χ4v) is 4.39. The molecule has 0 aromatic carbocycles. The number of nitrogens with zero attached hydrogens (tertiary/aromatic N) is 1. The van der Waals surface area contributed by atoms with Gasteiger partial charge in [-0.3, -0.25) is 4.90 Å². The lowest BCUT2D eigenvalue weighted by Crippen LogP contribution is -2.58. The zero-order valence-electron chi connectivity index (χ0n) is 13.2. The molecule has 2 fully saturated rings. The maximum absolute atomic E-state index is 6.23. The summed E-state index contributed by atoms with van der Waals surface area (Å²) in [6.45, 7) is 8.16. The Kier molecular flexibility index (Phi) is 5.70. The van der Waals surface area contributed by atoms with Crippen LogP contribution in [0, 0.1) is 11.8 Å². The van der Waals surface area contributed by atoms with Gasteiger partial charge in [-0.1, -0.05) is 33.1 Å². The van der Waals surface area contributed by atoms with E-state index in [0.717, 1.165) is 18.4 Å². The summed E-state index contributed by atoms with van der Waals surface area (Å²) >= 11 is 0. The first-order valence-electron chi connectivity index (χ1n) is 8.69. The van der Waals surface area contributed by atoms with Crippen LogP contribution in [-0.4, -0.2) is 30.1 Å². The quantitative estimate of drug-likeness (QED) is 0.820. The molecule has 2 heteroatoms. The van der Waals surface area contributed by atoms with Crippen LogP contribution in [0.25, 0.3) is 0 Å². The standard InChI is InChI=1S/C17H34N2/c1-3-6-16-8-10-17(14-18,11-9-16)19-12-5-7-15(4-2)13-19/h15-16H,3-14,18H2,1-2H3. The molecule has 19 heavy (non-hydrogen) atoms. The fourth-order valence-electron chi connectivity index (χ4n) is 4.39. The van der Waals surface area contributed by atoms with Crippen molar-refractivity contribution >= 4 is 0 Å². The number of likely N-dealkylation sites (tertiary alicyclic amines) is 1. The highest BCUT2D eigenvalue weighted by Crippen LogP contribution is 2.39. The van der Waals surface area contributed by atoms with Gasteiger partial charge in [-0.05, 0) is 56.9 Å². The van der Waals surface area contributed by atoms with Crippen LogP contribution in [0.5, 0.6) is 0 Å².